The number of benzene rings is 1. The highest BCUT2D eigenvalue weighted by Gasteiger charge is 2.14. The van der Waals surface area contributed by atoms with E-state index in [1.165, 1.54) is 5.56 Å². The summed E-state index contributed by atoms with van der Waals surface area (Å²) in [6.07, 6.45) is 2.06. The minimum atomic E-state index is 0.100. The molecule has 0 amide bonds. The number of ether oxygens (including phenoxy) is 1. The lowest BCUT2D eigenvalue weighted by Gasteiger charge is -2.03. The number of rotatable bonds is 3. The van der Waals surface area contributed by atoms with Crippen molar-refractivity contribution in [1.29, 1.82) is 0 Å². The van der Waals surface area contributed by atoms with Crippen molar-refractivity contribution in [2.45, 2.75) is 19.6 Å². The molecule has 90 valence electrons. The van der Waals surface area contributed by atoms with E-state index in [0.29, 0.717) is 19.6 Å². The average Bonchev–Trinajstić information content (AvgIpc) is 2.87. The number of carbonyl (C=O) groups is 1. The summed E-state index contributed by atoms with van der Waals surface area (Å²) in [6, 6.07) is 11.4. The number of ketones is 1. The third-order valence-electron chi connectivity index (χ3n) is 3.11. The molecule has 2 heterocycles. The van der Waals surface area contributed by atoms with Crippen molar-refractivity contribution < 1.29 is 9.53 Å². The molecule has 1 aliphatic heterocycles. The number of nitrogens with zero attached hydrogens (tertiary/aromatic N) is 1. The Labute approximate surface area is 105 Å². The zero-order valence-electron chi connectivity index (χ0n) is 9.93. The van der Waals surface area contributed by atoms with Crippen LogP contribution < -0.4 is 0 Å². The second-order valence-electron chi connectivity index (χ2n) is 4.40. The molecule has 0 spiro atoms. The Morgan fingerprint density at radius 3 is 2.89 bits per heavy atom. The number of pyridine rings is 1. The Hall–Kier alpha value is -2.00. The maximum Gasteiger partial charge on any atom is 0.168 e. The van der Waals surface area contributed by atoms with Gasteiger partial charge in [-0.05, 0) is 29.3 Å². The van der Waals surface area contributed by atoms with Gasteiger partial charge in [0.1, 0.15) is 0 Å². The van der Waals surface area contributed by atoms with Gasteiger partial charge in [-0.2, -0.15) is 0 Å². The molecule has 0 N–H and O–H groups in total. The van der Waals surface area contributed by atoms with E-state index in [4.69, 9.17) is 4.74 Å². The Kier molecular flexibility index (Phi) is 2.90. The summed E-state index contributed by atoms with van der Waals surface area (Å²) < 4.78 is 5.34. The molecule has 3 rings (SSSR count). The van der Waals surface area contributed by atoms with Gasteiger partial charge in [0, 0.05) is 17.5 Å². The first-order chi connectivity index (χ1) is 8.83. The third-order valence-corrected chi connectivity index (χ3v) is 3.11. The van der Waals surface area contributed by atoms with Crippen molar-refractivity contribution in [2.75, 3.05) is 0 Å². The molecule has 0 saturated carbocycles. The smallest absolute Gasteiger partial charge is 0.168 e. The monoisotopic (exact) mass is 239 g/mol. The molecule has 1 aliphatic rings. The quantitative estimate of drug-likeness (QED) is 0.773. The molecule has 3 nitrogen and oxygen atoms in total. The molecular weight excluding hydrogens is 226 g/mol. The van der Waals surface area contributed by atoms with Crippen molar-refractivity contribution in [3.8, 4) is 0 Å². The van der Waals surface area contributed by atoms with Gasteiger partial charge in [-0.1, -0.05) is 18.2 Å². The highest BCUT2D eigenvalue weighted by Crippen LogP contribution is 2.21. The van der Waals surface area contributed by atoms with Gasteiger partial charge in [0.05, 0.1) is 19.6 Å². The summed E-state index contributed by atoms with van der Waals surface area (Å²) in [5.74, 6) is 0.100. The largest absolute Gasteiger partial charge is 0.372 e. The maximum absolute atomic E-state index is 12.1. The first-order valence-corrected chi connectivity index (χ1v) is 5.95. The molecule has 3 heteroatoms. The van der Waals surface area contributed by atoms with Crippen LogP contribution in [-0.4, -0.2) is 10.8 Å². The van der Waals surface area contributed by atoms with E-state index in [1.54, 1.807) is 6.20 Å². The molecule has 0 aliphatic carbocycles. The highest BCUT2D eigenvalue weighted by atomic mass is 16.5. The standard InChI is InChI=1S/C15H13NO2/c17-15(8-14-3-1-2-6-16-14)11-4-5-12-9-18-10-13(12)7-11/h1-7H,8-10H2. The van der Waals surface area contributed by atoms with E-state index < -0.39 is 0 Å². The molecule has 1 aromatic heterocycles. The number of carbonyl (C=O) groups excluding carboxylic acids is 1. The van der Waals surface area contributed by atoms with Crippen molar-refractivity contribution in [3.05, 3.63) is 65.0 Å². The van der Waals surface area contributed by atoms with Crippen LogP contribution >= 0.6 is 0 Å². The average molecular weight is 239 g/mol. The van der Waals surface area contributed by atoms with Crippen molar-refractivity contribution in [2.24, 2.45) is 0 Å². The molecule has 0 saturated heterocycles. The first kappa shape index (κ1) is 11.1. The van der Waals surface area contributed by atoms with E-state index in [2.05, 4.69) is 4.98 Å². The van der Waals surface area contributed by atoms with Crippen LogP contribution in [0.25, 0.3) is 0 Å². The molecule has 18 heavy (non-hydrogen) atoms. The maximum atomic E-state index is 12.1. The molecule has 0 radical (unpaired) electrons. The molecular formula is C15H13NO2. The molecule has 1 aromatic carbocycles. The van der Waals surface area contributed by atoms with Crippen LogP contribution in [-0.2, 0) is 24.4 Å². The van der Waals surface area contributed by atoms with Crippen LogP contribution in [0.3, 0.4) is 0 Å². The van der Waals surface area contributed by atoms with Crippen molar-refractivity contribution >= 4 is 5.78 Å². The lowest BCUT2D eigenvalue weighted by atomic mass is 10.0. The van der Waals surface area contributed by atoms with Gasteiger partial charge in [0.25, 0.3) is 0 Å². The van der Waals surface area contributed by atoms with Crippen molar-refractivity contribution in [3.63, 3.8) is 0 Å². The number of Topliss-reactive ketones (excluding diaryl/α,β-unsaturated/α-hetero) is 1. The summed E-state index contributed by atoms with van der Waals surface area (Å²) in [5, 5.41) is 0. The fourth-order valence-corrected chi connectivity index (χ4v) is 2.11. The minimum Gasteiger partial charge on any atom is -0.372 e. The SMILES string of the molecule is O=C(Cc1ccccn1)c1ccc2c(c1)COC2. The van der Waals surface area contributed by atoms with Gasteiger partial charge in [-0.3, -0.25) is 9.78 Å². The summed E-state index contributed by atoms with van der Waals surface area (Å²) in [4.78, 5) is 16.3. The Morgan fingerprint density at radius 1 is 1.17 bits per heavy atom. The summed E-state index contributed by atoms with van der Waals surface area (Å²) >= 11 is 0. The van der Waals surface area contributed by atoms with E-state index in [1.807, 2.05) is 36.4 Å². The summed E-state index contributed by atoms with van der Waals surface area (Å²) in [7, 11) is 0. The third kappa shape index (κ3) is 2.17. The number of aromatic nitrogens is 1. The highest BCUT2D eigenvalue weighted by molar-refractivity contribution is 5.97. The summed E-state index contributed by atoms with van der Waals surface area (Å²) in [6.45, 7) is 1.27. The van der Waals surface area contributed by atoms with Gasteiger partial charge in [0.2, 0.25) is 0 Å². The summed E-state index contributed by atoms with van der Waals surface area (Å²) in [5.41, 5.74) is 3.86. The normalized spacial score (nSPS) is 13.3. The molecule has 2 aromatic rings. The number of hydrogen-bond donors (Lipinski definition) is 0. The minimum absolute atomic E-state index is 0.100. The van der Waals surface area contributed by atoms with Crippen LogP contribution in [0.1, 0.15) is 27.2 Å². The van der Waals surface area contributed by atoms with E-state index in [-0.39, 0.29) is 5.78 Å². The van der Waals surface area contributed by atoms with Gasteiger partial charge >= 0.3 is 0 Å². The lowest BCUT2D eigenvalue weighted by molar-refractivity contribution is 0.0992. The van der Waals surface area contributed by atoms with Crippen molar-refractivity contribution in [1.82, 2.24) is 4.98 Å². The van der Waals surface area contributed by atoms with Gasteiger partial charge < -0.3 is 4.74 Å². The van der Waals surface area contributed by atoms with Crippen LogP contribution in [0.2, 0.25) is 0 Å². The van der Waals surface area contributed by atoms with Crippen LogP contribution in [0, 0.1) is 0 Å². The molecule has 0 fully saturated rings. The van der Waals surface area contributed by atoms with E-state index >= 15 is 0 Å². The number of hydrogen-bond acceptors (Lipinski definition) is 3. The second-order valence-corrected chi connectivity index (χ2v) is 4.40. The fourth-order valence-electron chi connectivity index (χ4n) is 2.11. The predicted octanol–water partition coefficient (Wildman–Crippen LogP) is 2.54. The Balaban J connectivity index is 1.81. The molecule has 0 bridgehead atoms. The molecule has 0 atom stereocenters. The molecule has 0 unspecified atom stereocenters. The van der Waals surface area contributed by atoms with E-state index in [9.17, 15) is 4.79 Å². The van der Waals surface area contributed by atoms with Crippen LogP contribution in [0.5, 0.6) is 0 Å². The van der Waals surface area contributed by atoms with E-state index in [0.717, 1.165) is 16.8 Å². The Morgan fingerprint density at radius 2 is 2.06 bits per heavy atom. The van der Waals surface area contributed by atoms with Gasteiger partial charge in [-0.15, -0.1) is 0 Å². The predicted molar refractivity (Wildman–Crippen MR) is 67.2 cm³/mol. The van der Waals surface area contributed by atoms with Gasteiger partial charge in [-0.25, -0.2) is 0 Å². The van der Waals surface area contributed by atoms with Crippen LogP contribution in [0.15, 0.2) is 42.6 Å². The lowest BCUT2D eigenvalue weighted by Crippen LogP contribution is -2.05. The zero-order valence-corrected chi connectivity index (χ0v) is 9.93. The second kappa shape index (κ2) is 4.70. The van der Waals surface area contributed by atoms with Crippen LogP contribution in [0.4, 0.5) is 0 Å². The first-order valence-electron chi connectivity index (χ1n) is 5.95. The fraction of sp³-hybridized carbons (Fsp3) is 0.200. The Bertz CT molecular complexity index is 578. The zero-order chi connectivity index (χ0) is 12.4. The van der Waals surface area contributed by atoms with Gasteiger partial charge in [0.15, 0.2) is 5.78 Å². The number of fused-ring (bicyclic) bond motifs is 1. The topological polar surface area (TPSA) is 39.2 Å².